The van der Waals surface area contributed by atoms with E-state index in [9.17, 15) is 4.79 Å². The zero-order chi connectivity index (χ0) is 11.9. The second-order valence-electron chi connectivity index (χ2n) is 4.41. The lowest BCUT2D eigenvalue weighted by atomic mass is 10.1. The van der Waals surface area contributed by atoms with E-state index in [4.69, 9.17) is 4.74 Å². The van der Waals surface area contributed by atoms with Crippen molar-refractivity contribution in [3.8, 4) is 0 Å². The molecule has 3 heteroatoms. The number of rotatable bonds is 5. The van der Waals surface area contributed by atoms with Crippen molar-refractivity contribution in [3.63, 3.8) is 0 Å². The molecule has 3 nitrogen and oxygen atoms in total. The molecule has 0 bridgehead atoms. The van der Waals surface area contributed by atoms with E-state index in [1.807, 2.05) is 18.2 Å². The molecule has 2 rings (SSSR count). The summed E-state index contributed by atoms with van der Waals surface area (Å²) in [4.78, 5) is 14.0. The van der Waals surface area contributed by atoms with Crippen LogP contribution in [0.25, 0.3) is 0 Å². The predicted octanol–water partition coefficient (Wildman–Crippen LogP) is 1.52. The maximum absolute atomic E-state index is 11.8. The van der Waals surface area contributed by atoms with Gasteiger partial charge in [0, 0.05) is 19.5 Å². The number of hydrogen-bond donors (Lipinski definition) is 0. The normalized spacial score (nSPS) is 16.9. The number of ketones is 1. The number of ether oxygens (including phenoxy) is 1. The van der Waals surface area contributed by atoms with Gasteiger partial charge in [-0.05, 0) is 12.0 Å². The van der Waals surface area contributed by atoms with Gasteiger partial charge < -0.3 is 4.74 Å². The van der Waals surface area contributed by atoms with Crippen LogP contribution in [0.2, 0.25) is 0 Å². The van der Waals surface area contributed by atoms with E-state index in [2.05, 4.69) is 17.0 Å². The van der Waals surface area contributed by atoms with Crippen LogP contribution in [-0.2, 0) is 16.0 Å². The molecule has 1 aromatic carbocycles. The predicted molar refractivity (Wildman–Crippen MR) is 67.0 cm³/mol. The third-order valence-corrected chi connectivity index (χ3v) is 3.04. The van der Waals surface area contributed by atoms with Crippen molar-refractivity contribution in [1.82, 2.24) is 4.90 Å². The van der Waals surface area contributed by atoms with Crippen LogP contribution >= 0.6 is 0 Å². The van der Waals surface area contributed by atoms with Crippen molar-refractivity contribution in [2.24, 2.45) is 0 Å². The molecule has 1 saturated heterocycles. The molecule has 0 spiro atoms. The summed E-state index contributed by atoms with van der Waals surface area (Å²) in [5.41, 5.74) is 1.24. The average Bonchev–Trinajstić information content (AvgIpc) is 2.39. The van der Waals surface area contributed by atoms with Gasteiger partial charge in [0.1, 0.15) is 5.78 Å². The van der Waals surface area contributed by atoms with Gasteiger partial charge >= 0.3 is 0 Å². The molecule has 0 aliphatic carbocycles. The minimum atomic E-state index is 0.329. The number of carbonyl (C=O) groups is 1. The number of nitrogens with zero attached hydrogens (tertiary/aromatic N) is 1. The number of hydrogen-bond acceptors (Lipinski definition) is 3. The summed E-state index contributed by atoms with van der Waals surface area (Å²) in [5, 5.41) is 0. The molecule has 1 heterocycles. The second-order valence-corrected chi connectivity index (χ2v) is 4.41. The Kier molecular flexibility index (Phi) is 4.71. The molecular weight excluding hydrogens is 214 g/mol. The highest BCUT2D eigenvalue weighted by Gasteiger charge is 2.13. The van der Waals surface area contributed by atoms with E-state index >= 15 is 0 Å². The Morgan fingerprint density at radius 1 is 1.18 bits per heavy atom. The third-order valence-electron chi connectivity index (χ3n) is 3.04. The van der Waals surface area contributed by atoms with Gasteiger partial charge in [0.05, 0.1) is 19.8 Å². The fraction of sp³-hybridized carbons (Fsp3) is 0.500. The molecule has 0 amide bonds. The number of Topliss-reactive ketones (excluding diaryl/α,β-unsaturated/α-hetero) is 1. The minimum absolute atomic E-state index is 0.329. The molecule has 0 unspecified atom stereocenters. The number of aryl methyl sites for hydroxylation is 1. The van der Waals surface area contributed by atoms with Gasteiger partial charge in [0.2, 0.25) is 0 Å². The molecule has 1 aliphatic rings. The Morgan fingerprint density at radius 2 is 1.88 bits per heavy atom. The molecule has 0 radical (unpaired) electrons. The maximum Gasteiger partial charge on any atom is 0.147 e. The SMILES string of the molecule is O=C(CCc1ccccc1)CN1CCOCC1. The zero-order valence-corrected chi connectivity index (χ0v) is 10.1. The first-order valence-corrected chi connectivity index (χ1v) is 6.20. The number of carbonyl (C=O) groups excluding carboxylic acids is 1. The lowest BCUT2D eigenvalue weighted by Gasteiger charge is -2.25. The van der Waals surface area contributed by atoms with Crippen molar-refractivity contribution in [2.45, 2.75) is 12.8 Å². The molecule has 0 N–H and O–H groups in total. The Hall–Kier alpha value is -1.19. The van der Waals surface area contributed by atoms with Crippen LogP contribution < -0.4 is 0 Å². The monoisotopic (exact) mass is 233 g/mol. The molecule has 0 saturated carbocycles. The lowest BCUT2D eigenvalue weighted by Crippen LogP contribution is -2.39. The first-order chi connectivity index (χ1) is 8.34. The fourth-order valence-corrected chi connectivity index (χ4v) is 2.02. The lowest BCUT2D eigenvalue weighted by molar-refractivity contribution is -0.121. The fourth-order valence-electron chi connectivity index (χ4n) is 2.02. The van der Waals surface area contributed by atoms with Gasteiger partial charge in [0.15, 0.2) is 0 Å². The smallest absolute Gasteiger partial charge is 0.147 e. The highest BCUT2D eigenvalue weighted by Crippen LogP contribution is 2.04. The summed E-state index contributed by atoms with van der Waals surface area (Å²) in [5.74, 6) is 0.329. The van der Waals surface area contributed by atoms with Crippen molar-refractivity contribution in [2.75, 3.05) is 32.8 Å². The summed E-state index contributed by atoms with van der Waals surface area (Å²) in [6.07, 6.45) is 1.49. The zero-order valence-electron chi connectivity index (χ0n) is 10.1. The molecular formula is C14H19NO2. The summed E-state index contributed by atoms with van der Waals surface area (Å²) in [6, 6.07) is 10.2. The van der Waals surface area contributed by atoms with Gasteiger partial charge in [-0.25, -0.2) is 0 Å². The van der Waals surface area contributed by atoms with Crippen molar-refractivity contribution < 1.29 is 9.53 Å². The van der Waals surface area contributed by atoms with Gasteiger partial charge in [0.25, 0.3) is 0 Å². The molecule has 0 atom stereocenters. The van der Waals surface area contributed by atoms with E-state index < -0.39 is 0 Å². The molecule has 17 heavy (non-hydrogen) atoms. The quantitative estimate of drug-likeness (QED) is 0.772. The third kappa shape index (κ3) is 4.29. The highest BCUT2D eigenvalue weighted by molar-refractivity contribution is 5.80. The summed E-state index contributed by atoms with van der Waals surface area (Å²) >= 11 is 0. The average molecular weight is 233 g/mol. The van der Waals surface area contributed by atoms with E-state index in [0.717, 1.165) is 32.7 Å². The Bertz CT molecular complexity index is 344. The highest BCUT2D eigenvalue weighted by atomic mass is 16.5. The summed E-state index contributed by atoms with van der Waals surface area (Å²) in [7, 11) is 0. The first-order valence-electron chi connectivity index (χ1n) is 6.20. The molecule has 0 aromatic heterocycles. The number of morpholine rings is 1. The van der Waals surface area contributed by atoms with Crippen LogP contribution in [0.15, 0.2) is 30.3 Å². The topological polar surface area (TPSA) is 29.5 Å². The second kappa shape index (κ2) is 6.52. The van der Waals surface area contributed by atoms with E-state index in [1.54, 1.807) is 0 Å². The van der Waals surface area contributed by atoms with E-state index in [1.165, 1.54) is 5.56 Å². The van der Waals surface area contributed by atoms with Crippen LogP contribution in [0.4, 0.5) is 0 Å². The van der Waals surface area contributed by atoms with Crippen LogP contribution in [-0.4, -0.2) is 43.5 Å². The Balaban J connectivity index is 1.70. The first kappa shape index (κ1) is 12.3. The molecule has 1 aliphatic heterocycles. The van der Waals surface area contributed by atoms with Crippen LogP contribution in [0.1, 0.15) is 12.0 Å². The summed E-state index contributed by atoms with van der Waals surface area (Å²) in [6.45, 7) is 3.86. The van der Waals surface area contributed by atoms with Gasteiger partial charge in [-0.15, -0.1) is 0 Å². The van der Waals surface area contributed by atoms with E-state index in [-0.39, 0.29) is 0 Å². The van der Waals surface area contributed by atoms with Crippen LogP contribution in [0.3, 0.4) is 0 Å². The van der Waals surface area contributed by atoms with Crippen molar-refractivity contribution in [1.29, 1.82) is 0 Å². The molecule has 1 aromatic rings. The molecule has 1 fully saturated rings. The Labute approximate surface area is 102 Å². The largest absolute Gasteiger partial charge is 0.379 e. The van der Waals surface area contributed by atoms with Gasteiger partial charge in [-0.2, -0.15) is 0 Å². The van der Waals surface area contributed by atoms with Gasteiger partial charge in [-0.1, -0.05) is 30.3 Å². The van der Waals surface area contributed by atoms with E-state index in [0.29, 0.717) is 18.7 Å². The van der Waals surface area contributed by atoms with Crippen LogP contribution in [0, 0.1) is 0 Å². The maximum atomic E-state index is 11.8. The molecule has 92 valence electrons. The Morgan fingerprint density at radius 3 is 2.59 bits per heavy atom. The van der Waals surface area contributed by atoms with Crippen molar-refractivity contribution in [3.05, 3.63) is 35.9 Å². The number of benzene rings is 1. The van der Waals surface area contributed by atoms with Crippen molar-refractivity contribution >= 4 is 5.78 Å². The van der Waals surface area contributed by atoms with Gasteiger partial charge in [-0.3, -0.25) is 9.69 Å². The standard InChI is InChI=1S/C14H19NO2/c16-14(12-15-8-10-17-11-9-15)7-6-13-4-2-1-3-5-13/h1-5H,6-12H2. The summed E-state index contributed by atoms with van der Waals surface area (Å²) < 4.78 is 5.26. The van der Waals surface area contributed by atoms with Crippen LogP contribution in [0.5, 0.6) is 0 Å². The minimum Gasteiger partial charge on any atom is -0.379 e.